The molecule has 46 valence electrons. The van der Waals surface area contributed by atoms with E-state index in [0.717, 1.165) is 5.92 Å². The summed E-state index contributed by atoms with van der Waals surface area (Å²) in [5, 5.41) is 0. The van der Waals surface area contributed by atoms with E-state index in [1.807, 2.05) is 0 Å². The minimum Gasteiger partial charge on any atom is -0.313 e. The van der Waals surface area contributed by atoms with Gasteiger partial charge in [0.1, 0.15) is 0 Å². The molecule has 1 aliphatic heterocycles. The van der Waals surface area contributed by atoms with E-state index >= 15 is 0 Å². The smallest absolute Gasteiger partial charge is 0.0719 e. The molecule has 2 heteroatoms. The fourth-order valence-electron chi connectivity index (χ4n) is 1.71. The van der Waals surface area contributed by atoms with Gasteiger partial charge in [0.2, 0.25) is 0 Å². The first-order valence-electron chi connectivity index (χ1n) is 3.23. The molecule has 0 spiro atoms. The van der Waals surface area contributed by atoms with E-state index in [1.54, 1.807) is 0 Å². The van der Waals surface area contributed by atoms with E-state index < -0.39 is 0 Å². The van der Waals surface area contributed by atoms with E-state index in [4.69, 9.17) is 5.73 Å². The van der Waals surface area contributed by atoms with Gasteiger partial charge in [-0.05, 0) is 32.4 Å². The lowest BCUT2D eigenvalue weighted by atomic mass is 10.3. The van der Waals surface area contributed by atoms with E-state index in [0.29, 0.717) is 0 Å². The third kappa shape index (κ3) is 0.361. The summed E-state index contributed by atoms with van der Waals surface area (Å²) in [4.78, 5) is 2.28. The van der Waals surface area contributed by atoms with Gasteiger partial charge < -0.3 is 5.73 Å². The number of hydrogen-bond donors (Lipinski definition) is 1. The molecule has 2 atom stereocenters. The van der Waals surface area contributed by atoms with Crippen LogP contribution in [0.5, 0.6) is 0 Å². The minimum absolute atomic E-state index is 0.153. The molecule has 1 saturated carbocycles. The molecule has 2 fully saturated rings. The average Bonchev–Trinajstić information content (AvgIpc) is 2.31. The van der Waals surface area contributed by atoms with Crippen LogP contribution < -0.4 is 5.73 Å². The molecule has 8 heavy (non-hydrogen) atoms. The topological polar surface area (TPSA) is 29.3 Å². The SMILES string of the molecule is CN1CCC2CC21N. The van der Waals surface area contributed by atoms with Crippen molar-refractivity contribution in [3.63, 3.8) is 0 Å². The second-order valence-electron chi connectivity index (χ2n) is 3.10. The van der Waals surface area contributed by atoms with Gasteiger partial charge in [0.05, 0.1) is 5.66 Å². The Balaban J connectivity index is 2.19. The third-order valence-corrected chi connectivity index (χ3v) is 2.64. The molecule has 2 rings (SSSR count). The fraction of sp³-hybridized carbons (Fsp3) is 1.00. The highest BCUT2D eigenvalue weighted by Gasteiger charge is 2.57. The van der Waals surface area contributed by atoms with E-state index in [9.17, 15) is 0 Å². The predicted octanol–water partition coefficient (Wildman–Crippen LogP) is -0.00320. The van der Waals surface area contributed by atoms with Crippen LogP contribution in [-0.4, -0.2) is 24.2 Å². The molecule has 2 aliphatic rings. The van der Waals surface area contributed by atoms with E-state index in [-0.39, 0.29) is 5.66 Å². The molecule has 0 radical (unpaired) electrons. The predicted molar refractivity (Wildman–Crippen MR) is 32.3 cm³/mol. The van der Waals surface area contributed by atoms with Crippen molar-refractivity contribution in [2.24, 2.45) is 11.7 Å². The first-order valence-corrected chi connectivity index (χ1v) is 3.23. The summed E-state index contributed by atoms with van der Waals surface area (Å²) in [5.41, 5.74) is 6.07. The first kappa shape index (κ1) is 4.77. The molecular weight excluding hydrogens is 100 g/mol. The highest BCUT2D eigenvalue weighted by Crippen LogP contribution is 2.50. The highest BCUT2D eigenvalue weighted by molar-refractivity contribution is 5.10. The van der Waals surface area contributed by atoms with Gasteiger partial charge in [-0.3, -0.25) is 4.90 Å². The first-order chi connectivity index (χ1) is 3.73. The molecule has 0 aromatic heterocycles. The molecular formula is C6H12N2. The van der Waals surface area contributed by atoms with Crippen LogP contribution in [0.2, 0.25) is 0 Å². The number of rotatable bonds is 0. The van der Waals surface area contributed by atoms with Crippen molar-refractivity contribution in [3.05, 3.63) is 0 Å². The summed E-state index contributed by atoms with van der Waals surface area (Å²) in [7, 11) is 2.12. The Labute approximate surface area is 49.7 Å². The maximum atomic E-state index is 5.92. The molecule has 0 aromatic carbocycles. The maximum absolute atomic E-state index is 5.92. The van der Waals surface area contributed by atoms with Crippen molar-refractivity contribution in [2.75, 3.05) is 13.6 Å². The van der Waals surface area contributed by atoms with Crippen LogP contribution in [0.15, 0.2) is 0 Å². The monoisotopic (exact) mass is 112 g/mol. The van der Waals surface area contributed by atoms with Crippen molar-refractivity contribution in [1.29, 1.82) is 0 Å². The zero-order valence-corrected chi connectivity index (χ0v) is 5.22. The standard InChI is InChI=1S/C6H12N2/c1-8-3-2-5-4-6(5,8)7/h5H,2-4,7H2,1H3. The van der Waals surface area contributed by atoms with E-state index in [1.165, 1.54) is 19.4 Å². The van der Waals surface area contributed by atoms with Crippen LogP contribution in [0.4, 0.5) is 0 Å². The van der Waals surface area contributed by atoms with E-state index in [2.05, 4.69) is 11.9 Å². The van der Waals surface area contributed by atoms with Gasteiger partial charge in [-0.2, -0.15) is 0 Å². The van der Waals surface area contributed by atoms with Crippen molar-refractivity contribution in [1.82, 2.24) is 4.90 Å². The Morgan fingerprint density at radius 1 is 1.75 bits per heavy atom. The van der Waals surface area contributed by atoms with Crippen LogP contribution in [-0.2, 0) is 0 Å². The minimum atomic E-state index is 0.153. The summed E-state index contributed by atoms with van der Waals surface area (Å²) in [6, 6.07) is 0. The molecule has 0 aromatic rings. The van der Waals surface area contributed by atoms with Crippen LogP contribution in [0.1, 0.15) is 12.8 Å². The highest BCUT2D eigenvalue weighted by atomic mass is 15.3. The van der Waals surface area contributed by atoms with Gasteiger partial charge in [0.25, 0.3) is 0 Å². The lowest BCUT2D eigenvalue weighted by molar-refractivity contribution is 0.267. The van der Waals surface area contributed by atoms with Gasteiger partial charge in [0, 0.05) is 0 Å². The molecule has 0 bridgehead atoms. The van der Waals surface area contributed by atoms with Gasteiger partial charge in [0.15, 0.2) is 0 Å². The van der Waals surface area contributed by atoms with Crippen LogP contribution in [0, 0.1) is 5.92 Å². The van der Waals surface area contributed by atoms with Crippen LogP contribution in [0.3, 0.4) is 0 Å². The second-order valence-corrected chi connectivity index (χ2v) is 3.10. The molecule has 2 nitrogen and oxygen atoms in total. The Bertz CT molecular complexity index is 122. The van der Waals surface area contributed by atoms with Crippen LogP contribution >= 0.6 is 0 Å². The average molecular weight is 112 g/mol. The number of piperidine rings is 1. The van der Waals surface area contributed by atoms with Crippen molar-refractivity contribution in [2.45, 2.75) is 18.5 Å². The molecule has 1 saturated heterocycles. The number of fused-ring (bicyclic) bond motifs is 1. The molecule has 1 heterocycles. The lowest BCUT2D eigenvalue weighted by Gasteiger charge is -2.17. The summed E-state index contributed by atoms with van der Waals surface area (Å²) >= 11 is 0. The zero-order valence-electron chi connectivity index (χ0n) is 5.22. The van der Waals surface area contributed by atoms with Gasteiger partial charge in [-0.25, -0.2) is 0 Å². The Morgan fingerprint density at radius 2 is 2.50 bits per heavy atom. The Hall–Kier alpha value is -0.0800. The number of nitrogens with zero attached hydrogens (tertiary/aromatic N) is 1. The zero-order chi connectivity index (χ0) is 5.78. The Morgan fingerprint density at radius 3 is 2.62 bits per heavy atom. The van der Waals surface area contributed by atoms with Gasteiger partial charge >= 0.3 is 0 Å². The molecule has 0 amide bonds. The quantitative estimate of drug-likeness (QED) is 0.478. The number of hydrogen-bond acceptors (Lipinski definition) is 2. The van der Waals surface area contributed by atoms with Gasteiger partial charge in [-0.15, -0.1) is 0 Å². The maximum Gasteiger partial charge on any atom is 0.0719 e. The number of likely N-dealkylation sites (tertiary alicyclic amines) is 1. The normalized spacial score (nSPS) is 54.0. The Kier molecular flexibility index (Phi) is 0.649. The summed E-state index contributed by atoms with van der Waals surface area (Å²) < 4.78 is 0. The fourth-order valence-corrected chi connectivity index (χ4v) is 1.71. The van der Waals surface area contributed by atoms with Crippen molar-refractivity contribution >= 4 is 0 Å². The lowest BCUT2D eigenvalue weighted by Crippen LogP contribution is -2.39. The number of nitrogens with two attached hydrogens (primary N) is 1. The molecule has 2 N–H and O–H groups in total. The second kappa shape index (κ2) is 1.09. The third-order valence-electron chi connectivity index (χ3n) is 2.64. The van der Waals surface area contributed by atoms with Gasteiger partial charge in [-0.1, -0.05) is 0 Å². The van der Waals surface area contributed by atoms with Crippen LogP contribution in [0.25, 0.3) is 0 Å². The molecule has 2 unspecified atom stereocenters. The molecule has 1 aliphatic carbocycles. The summed E-state index contributed by atoms with van der Waals surface area (Å²) in [6.45, 7) is 1.21. The largest absolute Gasteiger partial charge is 0.313 e. The summed E-state index contributed by atoms with van der Waals surface area (Å²) in [6.07, 6.45) is 2.57. The van der Waals surface area contributed by atoms with Crippen molar-refractivity contribution in [3.8, 4) is 0 Å². The summed E-state index contributed by atoms with van der Waals surface area (Å²) in [5.74, 6) is 0.840. The van der Waals surface area contributed by atoms with Crippen molar-refractivity contribution < 1.29 is 0 Å².